The van der Waals surface area contributed by atoms with Gasteiger partial charge in [0, 0.05) is 69.2 Å². The smallest absolute Gasteiger partial charge is 0.219 e. The number of aromatic nitrogens is 4. The van der Waals surface area contributed by atoms with Crippen LogP contribution in [-0.4, -0.2) is 43.5 Å². The molecule has 2 aromatic heterocycles. The molecule has 1 aromatic carbocycles. The third-order valence-electron chi connectivity index (χ3n) is 6.16. The highest BCUT2D eigenvalue weighted by Crippen LogP contribution is 2.38. The van der Waals surface area contributed by atoms with Crippen LogP contribution in [-0.2, 0) is 38.3 Å². The van der Waals surface area contributed by atoms with Gasteiger partial charge in [-0.3, -0.25) is 14.2 Å². The molecule has 1 amide bonds. The van der Waals surface area contributed by atoms with Gasteiger partial charge >= 0.3 is 0 Å². The van der Waals surface area contributed by atoms with E-state index in [2.05, 4.69) is 28.2 Å². The number of hydrogen-bond acceptors (Lipinski definition) is 4. The van der Waals surface area contributed by atoms with Crippen molar-refractivity contribution in [3.63, 3.8) is 0 Å². The number of amides is 1. The first-order chi connectivity index (χ1) is 15.0. The number of aryl methyl sites for hydroxylation is 3. The number of hydrogen-bond donors (Lipinski definition) is 0. The maximum absolute atomic E-state index is 12.0. The second kappa shape index (κ2) is 8.57. The molecule has 0 fully saturated rings. The summed E-state index contributed by atoms with van der Waals surface area (Å²) in [6, 6.07) is 6.67. The molecule has 0 spiro atoms. The number of fused-ring (bicyclic) bond motifs is 2. The van der Waals surface area contributed by atoms with Crippen molar-refractivity contribution in [3.05, 3.63) is 47.4 Å². The number of nitrogens with zero attached hydrogens (tertiary/aromatic N) is 6. The van der Waals surface area contributed by atoms with Gasteiger partial charge in [-0.25, -0.2) is 0 Å². The Morgan fingerprint density at radius 1 is 1.06 bits per heavy atom. The largest absolute Gasteiger partial charge is 0.338 e. The van der Waals surface area contributed by atoms with Crippen molar-refractivity contribution in [2.24, 2.45) is 14.1 Å². The van der Waals surface area contributed by atoms with E-state index in [1.165, 1.54) is 28.1 Å². The Morgan fingerprint density at radius 2 is 1.87 bits per heavy atom. The van der Waals surface area contributed by atoms with Crippen molar-refractivity contribution < 1.29 is 4.79 Å². The van der Waals surface area contributed by atoms with Crippen LogP contribution in [0.4, 0.5) is 11.5 Å². The van der Waals surface area contributed by atoms with Gasteiger partial charge in [0.25, 0.3) is 0 Å². The van der Waals surface area contributed by atoms with Crippen molar-refractivity contribution in [1.29, 1.82) is 0 Å². The quantitative estimate of drug-likeness (QED) is 0.632. The minimum absolute atomic E-state index is 0.130. The average Bonchev–Trinajstić information content (AvgIpc) is 3.37. The van der Waals surface area contributed by atoms with Crippen LogP contribution < -0.4 is 4.90 Å². The summed E-state index contributed by atoms with van der Waals surface area (Å²) in [4.78, 5) is 16.2. The maximum Gasteiger partial charge on any atom is 0.219 e. The van der Waals surface area contributed by atoms with E-state index >= 15 is 0 Å². The number of anilines is 2. The molecule has 0 aliphatic carbocycles. The van der Waals surface area contributed by atoms with Gasteiger partial charge in [-0.15, -0.1) is 0 Å². The molecule has 0 saturated carbocycles. The van der Waals surface area contributed by atoms with Gasteiger partial charge in [0.2, 0.25) is 5.91 Å². The predicted octanol–water partition coefficient (Wildman–Crippen LogP) is 3.84. The van der Waals surface area contributed by atoms with Crippen molar-refractivity contribution in [3.8, 4) is 11.1 Å². The van der Waals surface area contributed by atoms with Crippen molar-refractivity contribution in [2.45, 2.75) is 46.6 Å². The number of benzene rings is 1. The van der Waals surface area contributed by atoms with Crippen LogP contribution in [0, 0.1) is 0 Å². The molecule has 5 rings (SSSR count). The monoisotopic (exact) mass is 420 g/mol. The van der Waals surface area contributed by atoms with Crippen molar-refractivity contribution in [1.82, 2.24) is 24.5 Å². The molecule has 0 atom stereocenters. The van der Waals surface area contributed by atoms with Gasteiger partial charge in [0.15, 0.2) is 5.82 Å². The summed E-state index contributed by atoms with van der Waals surface area (Å²) in [5, 5.41) is 9.18. The highest BCUT2D eigenvalue weighted by Gasteiger charge is 2.30. The molecule has 0 N–H and O–H groups in total. The molecule has 31 heavy (non-hydrogen) atoms. The van der Waals surface area contributed by atoms with Crippen LogP contribution in [0.25, 0.3) is 11.1 Å². The fourth-order valence-electron chi connectivity index (χ4n) is 4.63. The van der Waals surface area contributed by atoms with E-state index in [9.17, 15) is 4.79 Å². The summed E-state index contributed by atoms with van der Waals surface area (Å²) in [5.74, 6) is 1.13. The molecule has 4 heterocycles. The Hall–Kier alpha value is -3.09. The van der Waals surface area contributed by atoms with Crippen molar-refractivity contribution in [2.75, 3.05) is 18.0 Å². The zero-order valence-corrected chi connectivity index (χ0v) is 19.2. The van der Waals surface area contributed by atoms with Gasteiger partial charge in [-0.05, 0) is 36.1 Å². The number of carbonyl (C=O) groups excluding carboxylic acids is 1. The lowest BCUT2D eigenvalue weighted by atomic mass is 9.96. The molecule has 0 bridgehead atoms. The highest BCUT2D eigenvalue weighted by molar-refractivity contribution is 5.76. The molecule has 0 saturated heterocycles. The maximum atomic E-state index is 12.0. The molecular weight excluding hydrogens is 388 g/mol. The van der Waals surface area contributed by atoms with E-state index in [4.69, 9.17) is 5.10 Å². The zero-order valence-electron chi connectivity index (χ0n) is 19.2. The first-order valence-corrected chi connectivity index (χ1v) is 11.2. The van der Waals surface area contributed by atoms with Crippen LogP contribution in [0.15, 0.2) is 30.6 Å². The third-order valence-corrected chi connectivity index (χ3v) is 6.16. The molecule has 2 aliphatic rings. The highest BCUT2D eigenvalue weighted by atomic mass is 16.2. The van der Waals surface area contributed by atoms with Crippen LogP contribution in [0.1, 0.15) is 44.0 Å². The van der Waals surface area contributed by atoms with Crippen LogP contribution in [0.5, 0.6) is 0 Å². The summed E-state index contributed by atoms with van der Waals surface area (Å²) in [5.41, 5.74) is 7.35. The van der Waals surface area contributed by atoms with E-state index in [-0.39, 0.29) is 5.91 Å². The van der Waals surface area contributed by atoms with Crippen molar-refractivity contribution >= 4 is 17.4 Å². The van der Waals surface area contributed by atoms with Crippen LogP contribution in [0.2, 0.25) is 0 Å². The minimum Gasteiger partial charge on any atom is -0.338 e. The van der Waals surface area contributed by atoms with Gasteiger partial charge in [0.05, 0.1) is 12.7 Å². The Bertz CT molecular complexity index is 1100. The SMILES string of the molecule is CC.CC(=O)N1CCc2c(c(N3CCCc4cc(-c5cnn(C)c5)ccc43)nn2C)C1. The second-order valence-electron chi connectivity index (χ2n) is 8.06. The van der Waals surface area contributed by atoms with E-state index in [1.807, 2.05) is 54.6 Å². The van der Waals surface area contributed by atoms with Gasteiger partial charge in [-0.1, -0.05) is 19.9 Å². The molecule has 3 aromatic rings. The van der Waals surface area contributed by atoms with Gasteiger partial charge in [0.1, 0.15) is 0 Å². The Labute approximate surface area is 184 Å². The van der Waals surface area contributed by atoms with Crippen LogP contribution >= 0.6 is 0 Å². The molecule has 7 nitrogen and oxygen atoms in total. The Kier molecular flexibility index (Phi) is 5.85. The predicted molar refractivity (Wildman–Crippen MR) is 123 cm³/mol. The summed E-state index contributed by atoms with van der Waals surface area (Å²) >= 11 is 0. The molecule has 0 unspecified atom stereocenters. The molecule has 0 radical (unpaired) electrons. The topological polar surface area (TPSA) is 59.2 Å². The molecule has 164 valence electrons. The first-order valence-electron chi connectivity index (χ1n) is 11.2. The molecule has 7 heteroatoms. The van der Waals surface area contributed by atoms with E-state index in [1.54, 1.807) is 6.92 Å². The Morgan fingerprint density at radius 3 is 2.58 bits per heavy atom. The summed E-state index contributed by atoms with van der Waals surface area (Å²) < 4.78 is 3.84. The summed E-state index contributed by atoms with van der Waals surface area (Å²) in [6.45, 7) is 8.01. The first kappa shape index (κ1) is 21.2. The third kappa shape index (κ3) is 3.84. The molecule has 2 aliphatic heterocycles. The second-order valence-corrected chi connectivity index (χ2v) is 8.06. The standard InChI is InChI=1S/C22H26N6O.C2H6/c1-15(29)27-10-8-21-19(14-27)22(24-26(21)3)28-9-4-5-17-11-16(6-7-20(17)28)18-12-23-25(2)13-18;1-2/h6-7,11-13H,4-5,8-10,14H2,1-3H3;1-2H3. The fourth-order valence-corrected chi connectivity index (χ4v) is 4.63. The van der Waals surface area contributed by atoms with Crippen LogP contribution in [0.3, 0.4) is 0 Å². The number of carbonyl (C=O) groups is 1. The molecular formula is C24H32N6O. The van der Waals surface area contributed by atoms with E-state index in [0.29, 0.717) is 6.54 Å². The lowest BCUT2D eigenvalue weighted by Crippen LogP contribution is -2.35. The summed E-state index contributed by atoms with van der Waals surface area (Å²) in [6.07, 6.45) is 6.97. The lowest BCUT2D eigenvalue weighted by Gasteiger charge is -2.32. The van der Waals surface area contributed by atoms with E-state index in [0.717, 1.165) is 43.7 Å². The Balaban J connectivity index is 0.00000112. The normalized spacial score (nSPS) is 15.1. The van der Waals surface area contributed by atoms with E-state index < -0.39 is 0 Å². The summed E-state index contributed by atoms with van der Waals surface area (Å²) in [7, 11) is 3.96. The number of rotatable bonds is 2. The lowest BCUT2D eigenvalue weighted by molar-refractivity contribution is -0.129. The zero-order chi connectivity index (χ0) is 22.1. The van der Waals surface area contributed by atoms with Gasteiger partial charge < -0.3 is 9.80 Å². The van der Waals surface area contributed by atoms with Gasteiger partial charge in [-0.2, -0.15) is 10.2 Å². The average molecular weight is 421 g/mol. The minimum atomic E-state index is 0.130. The fraction of sp³-hybridized carbons (Fsp3) is 0.458.